The average Bonchev–Trinajstić information content (AvgIpc) is 2.56. The van der Waals surface area contributed by atoms with Crippen molar-refractivity contribution in [1.82, 2.24) is 0 Å². The van der Waals surface area contributed by atoms with Gasteiger partial charge in [-0.2, -0.15) is 0 Å². The zero-order valence-corrected chi connectivity index (χ0v) is 15.5. The molecule has 0 aliphatic carbocycles. The molecule has 0 fully saturated rings. The van der Waals surface area contributed by atoms with Gasteiger partial charge in [0.2, 0.25) is 0 Å². The molecular formula is C18H14BrClFNO3. The Morgan fingerprint density at radius 1 is 1.32 bits per heavy atom. The minimum Gasteiger partial charge on any atom is -0.506 e. The number of benzene rings is 2. The van der Waals surface area contributed by atoms with Gasteiger partial charge in [0.05, 0.1) is 17.3 Å². The van der Waals surface area contributed by atoms with Crippen molar-refractivity contribution in [1.29, 1.82) is 0 Å². The highest BCUT2D eigenvalue weighted by Gasteiger charge is 2.18. The molecule has 0 saturated heterocycles. The second kappa shape index (κ2) is 8.78. The number of hydrogen-bond donors (Lipinski definition) is 1. The highest BCUT2D eigenvalue weighted by Crippen LogP contribution is 2.28. The number of halogens is 3. The first kappa shape index (κ1) is 19.1. The molecule has 0 aliphatic rings. The Kier molecular flexibility index (Phi) is 6.73. The Morgan fingerprint density at radius 2 is 2.00 bits per heavy atom. The number of ether oxygens (including phenoxy) is 1. The normalized spacial score (nSPS) is 12.2. The lowest BCUT2D eigenvalue weighted by atomic mass is 10.1. The van der Waals surface area contributed by atoms with Crippen molar-refractivity contribution in [2.75, 3.05) is 6.61 Å². The van der Waals surface area contributed by atoms with Gasteiger partial charge < -0.3 is 9.84 Å². The quantitative estimate of drug-likeness (QED) is 0.298. The van der Waals surface area contributed by atoms with Crippen LogP contribution in [0, 0.1) is 5.82 Å². The van der Waals surface area contributed by atoms with Crippen LogP contribution in [-0.4, -0.2) is 23.9 Å². The Labute approximate surface area is 157 Å². The molecule has 0 heterocycles. The Morgan fingerprint density at radius 3 is 2.60 bits per heavy atom. The van der Waals surface area contributed by atoms with Gasteiger partial charge in [-0.05, 0) is 49.4 Å². The number of nitrogens with zero attached hydrogens (tertiary/aromatic N) is 1. The first-order valence-corrected chi connectivity index (χ1v) is 8.45. The van der Waals surface area contributed by atoms with E-state index in [1.54, 1.807) is 25.1 Å². The Hall–Kier alpha value is -2.18. The molecule has 2 rings (SSSR count). The fourth-order valence-electron chi connectivity index (χ4n) is 1.91. The zero-order valence-electron chi connectivity index (χ0n) is 13.2. The molecule has 7 heteroatoms. The van der Waals surface area contributed by atoms with E-state index < -0.39 is 11.8 Å². The third kappa shape index (κ3) is 5.14. The van der Waals surface area contributed by atoms with E-state index in [1.165, 1.54) is 30.5 Å². The van der Waals surface area contributed by atoms with Gasteiger partial charge in [0, 0.05) is 16.3 Å². The third-order valence-corrected chi connectivity index (χ3v) is 3.91. The van der Waals surface area contributed by atoms with E-state index in [9.17, 15) is 14.3 Å². The van der Waals surface area contributed by atoms with E-state index in [4.69, 9.17) is 16.3 Å². The number of hydrogen-bond acceptors (Lipinski definition) is 4. The van der Waals surface area contributed by atoms with Gasteiger partial charge in [0.1, 0.15) is 17.1 Å². The molecule has 2 aromatic carbocycles. The molecule has 0 radical (unpaired) electrons. The molecule has 1 N–H and O–H groups in total. The van der Waals surface area contributed by atoms with E-state index in [0.29, 0.717) is 5.69 Å². The second-order valence-corrected chi connectivity index (χ2v) is 6.16. The monoisotopic (exact) mass is 425 g/mol. The Balaban J connectivity index is 2.47. The van der Waals surface area contributed by atoms with E-state index >= 15 is 0 Å². The van der Waals surface area contributed by atoms with Crippen LogP contribution in [0.4, 0.5) is 10.1 Å². The van der Waals surface area contributed by atoms with Crippen molar-refractivity contribution in [3.8, 4) is 0 Å². The van der Waals surface area contributed by atoms with E-state index in [0.717, 1.165) is 4.47 Å². The summed E-state index contributed by atoms with van der Waals surface area (Å²) < 4.78 is 18.6. The summed E-state index contributed by atoms with van der Waals surface area (Å²) in [6, 6.07) is 10.2. The molecule has 0 saturated carbocycles. The molecule has 0 atom stereocenters. The summed E-state index contributed by atoms with van der Waals surface area (Å²) in [5, 5.41) is 10.8. The number of aliphatic hydroxyl groups is 1. The van der Waals surface area contributed by atoms with Crippen LogP contribution in [0.15, 0.2) is 57.5 Å². The van der Waals surface area contributed by atoms with Gasteiger partial charge in [-0.15, -0.1) is 0 Å². The fraction of sp³-hybridized carbons (Fsp3) is 0.111. The molecule has 0 bridgehead atoms. The topological polar surface area (TPSA) is 58.9 Å². The predicted octanol–water partition coefficient (Wildman–Crippen LogP) is 5.48. The van der Waals surface area contributed by atoms with Gasteiger partial charge in [0.25, 0.3) is 0 Å². The average molecular weight is 427 g/mol. The van der Waals surface area contributed by atoms with E-state index in [1.807, 2.05) is 0 Å². The van der Waals surface area contributed by atoms with Gasteiger partial charge in [-0.1, -0.05) is 27.5 Å². The number of esters is 1. The number of carbonyl (C=O) groups excluding carboxylic acids is 1. The van der Waals surface area contributed by atoms with Crippen molar-refractivity contribution in [2.24, 2.45) is 4.99 Å². The minimum absolute atomic E-state index is 0.133. The van der Waals surface area contributed by atoms with Gasteiger partial charge >= 0.3 is 5.97 Å². The van der Waals surface area contributed by atoms with Crippen LogP contribution in [0.2, 0.25) is 5.02 Å². The van der Waals surface area contributed by atoms with Crippen molar-refractivity contribution in [2.45, 2.75) is 6.92 Å². The predicted molar refractivity (Wildman–Crippen MR) is 99.9 cm³/mol. The van der Waals surface area contributed by atoms with Crippen LogP contribution < -0.4 is 0 Å². The third-order valence-electron chi connectivity index (χ3n) is 3.11. The van der Waals surface area contributed by atoms with Crippen LogP contribution in [0.3, 0.4) is 0 Å². The summed E-state index contributed by atoms with van der Waals surface area (Å²) in [5.74, 6) is -1.50. The molecule has 25 heavy (non-hydrogen) atoms. The maximum atomic E-state index is 12.9. The molecule has 0 aromatic heterocycles. The first-order chi connectivity index (χ1) is 11.9. The molecule has 0 unspecified atom stereocenters. The summed E-state index contributed by atoms with van der Waals surface area (Å²) >= 11 is 9.39. The maximum Gasteiger partial charge on any atom is 0.343 e. The molecule has 0 amide bonds. The van der Waals surface area contributed by atoms with Crippen LogP contribution in [-0.2, 0) is 9.53 Å². The highest BCUT2D eigenvalue weighted by atomic mass is 79.9. The highest BCUT2D eigenvalue weighted by molar-refractivity contribution is 9.10. The summed E-state index contributed by atoms with van der Waals surface area (Å²) in [5.41, 5.74) is 0.520. The van der Waals surface area contributed by atoms with Crippen LogP contribution >= 0.6 is 27.5 Å². The minimum atomic E-state index is -0.746. The van der Waals surface area contributed by atoms with Gasteiger partial charge in [0.15, 0.2) is 0 Å². The van der Waals surface area contributed by atoms with Crippen LogP contribution in [0.5, 0.6) is 0 Å². The molecule has 0 aliphatic heterocycles. The van der Waals surface area contributed by atoms with Crippen molar-refractivity contribution in [3.63, 3.8) is 0 Å². The van der Waals surface area contributed by atoms with Crippen molar-refractivity contribution < 1.29 is 19.0 Å². The molecule has 0 spiro atoms. The zero-order chi connectivity index (χ0) is 18.4. The lowest BCUT2D eigenvalue weighted by Crippen LogP contribution is -2.11. The maximum absolute atomic E-state index is 12.9. The molecule has 4 nitrogen and oxygen atoms in total. The van der Waals surface area contributed by atoms with Crippen LogP contribution in [0.1, 0.15) is 12.5 Å². The largest absolute Gasteiger partial charge is 0.506 e. The van der Waals surface area contributed by atoms with Crippen LogP contribution in [0.25, 0.3) is 5.76 Å². The summed E-state index contributed by atoms with van der Waals surface area (Å²) in [6.07, 6.45) is 1.17. The van der Waals surface area contributed by atoms with Crippen molar-refractivity contribution in [3.05, 3.63) is 68.9 Å². The van der Waals surface area contributed by atoms with E-state index in [-0.39, 0.29) is 28.5 Å². The summed E-state index contributed by atoms with van der Waals surface area (Å²) in [4.78, 5) is 16.3. The SMILES string of the molecule is CCOC(=O)C(C=Nc1ccc(F)cc1)=C(O)c1ccc(Br)cc1Cl. The van der Waals surface area contributed by atoms with E-state index in [2.05, 4.69) is 20.9 Å². The Bertz CT molecular complexity index is 835. The number of aliphatic hydroxyl groups excluding tert-OH is 1. The number of carbonyl (C=O) groups is 1. The van der Waals surface area contributed by atoms with Gasteiger partial charge in [-0.25, -0.2) is 9.18 Å². The lowest BCUT2D eigenvalue weighted by Gasteiger charge is -2.08. The molecule has 130 valence electrons. The summed E-state index contributed by atoms with van der Waals surface area (Å²) in [7, 11) is 0. The smallest absolute Gasteiger partial charge is 0.343 e. The van der Waals surface area contributed by atoms with Gasteiger partial charge in [-0.3, -0.25) is 4.99 Å². The van der Waals surface area contributed by atoms with Crippen molar-refractivity contribution >= 4 is 51.2 Å². The number of aliphatic imine (C=N–C) groups is 1. The first-order valence-electron chi connectivity index (χ1n) is 7.27. The molecule has 2 aromatic rings. The summed E-state index contributed by atoms with van der Waals surface area (Å²) in [6.45, 7) is 1.78. The fourth-order valence-corrected chi connectivity index (χ4v) is 2.68. The standard InChI is InChI=1S/C18H14BrClFNO3/c1-2-25-18(24)15(10-22-13-6-4-12(21)5-7-13)17(23)14-8-3-11(19)9-16(14)20/h3-10,23H,2H2,1H3. The molecular weight excluding hydrogens is 413 g/mol. The second-order valence-electron chi connectivity index (χ2n) is 4.84. The number of rotatable bonds is 5. The lowest BCUT2D eigenvalue weighted by molar-refractivity contribution is -0.137.